The number of carbonyl (C=O) groups is 1. The van der Waals surface area contributed by atoms with Gasteiger partial charge in [0.25, 0.3) is 0 Å². The van der Waals surface area contributed by atoms with E-state index in [1.807, 2.05) is 0 Å². The number of amides is 1. The number of hydrogen-bond acceptors (Lipinski definition) is 2. The molecule has 1 aliphatic carbocycles. The average molecular weight is 438 g/mol. The zero-order valence-electron chi connectivity index (χ0n) is 15.0. The standard InChI is InChI=1S/C17H34N4O.HI/c1-14(2)8-7-12-19-17(18-3)20-13-11-16(22)21-15-9-5-4-6-10-15;/h14-15H,4-13H2,1-3H3,(H,21,22)(H2,18,19,20);1H. The van der Waals surface area contributed by atoms with Crippen LogP contribution in [-0.4, -0.2) is 38.0 Å². The third kappa shape index (κ3) is 11.6. The van der Waals surface area contributed by atoms with Gasteiger partial charge in [0.15, 0.2) is 5.96 Å². The Labute approximate surface area is 158 Å². The first kappa shape index (κ1) is 22.5. The number of carbonyl (C=O) groups excluding carboxylic acids is 1. The molecule has 1 aliphatic rings. The highest BCUT2D eigenvalue weighted by Crippen LogP contribution is 2.17. The molecule has 1 amide bonds. The van der Waals surface area contributed by atoms with Crippen LogP contribution in [0.15, 0.2) is 4.99 Å². The number of nitrogens with one attached hydrogen (secondary N) is 3. The topological polar surface area (TPSA) is 65.5 Å². The number of rotatable bonds is 8. The lowest BCUT2D eigenvalue weighted by molar-refractivity contribution is -0.121. The molecule has 3 N–H and O–H groups in total. The second kappa shape index (κ2) is 13.9. The van der Waals surface area contributed by atoms with Crippen LogP contribution in [-0.2, 0) is 4.79 Å². The molecule has 0 heterocycles. The summed E-state index contributed by atoms with van der Waals surface area (Å²) in [4.78, 5) is 16.1. The Hall–Kier alpha value is -0.530. The first-order valence-corrected chi connectivity index (χ1v) is 8.85. The minimum atomic E-state index is 0. The predicted octanol–water partition coefficient (Wildman–Crippen LogP) is 3.04. The Morgan fingerprint density at radius 2 is 1.78 bits per heavy atom. The molecule has 0 aromatic rings. The minimum Gasteiger partial charge on any atom is -0.356 e. The molecule has 0 bridgehead atoms. The van der Waals surface area contributed by atoms with Crippen molar-refractivity contribution in [2.24, 2.45) is 10.9 Å². The molecule has 0 aromatic heterocycles. The van der Waals surface area contributed by atoms with Gasteiger partial charge in [-0.3, -0.25) is 9.79 Å². The van der Waals surface area contributed by atoms with E-state index in [9.17, 15) is 4.79 Å². The fourth-order valence-corrected chi connectivity index (χ4v) is 2.78. The Morgan fingerprint density at radius 3 is 2.39 bits per heavy atom. The zero-order valence-corrected chi connectivity index (χ0v) is 17.3. The number of aliphatic imine (C=N–C) groups is 1. The molecular weight excluding hydrogens is 403 g/mol. The van der Waals surface area contributed by atoms with E-state index in [0.29, 0.717) is 19.0 Å². The van der Waals surface area contributed by atoms with Gasteiger partial charge in [-0.2, -0.15) is 0 Å². The van der Waals surface area contributed by atoms with Gasteiger partial charge in [-0.25, -0.2) is 0 Å². The number of guanidine groups is 1. The second-order valence-corrected chi connectivity index (χ2v) is 6.61. The van der Waals surface area contributed by atoms with Gasteiger partial charge >= 0.3 is 0 Å². The lowest BCUT2D eigenvalue weighted by Crippen LogP contribution is -2.41. The Kier molecular flexibility index (Phi) is 13.5. The summed E-state index contributed by atoms with van der Waals surface area (Å²) in [6.07, 6.45) is 8.94. The van der Waals surface area contributed by atoms with E-state index in [0.717, 1.165) is 37.7 Å². The molecule has 0 unspecified atom stereocenters. The summed E-state index contributed by atoms with van der Waals surface area (Å²) in [6.45, 7) is 6.02. The normalized spacial score (nSPS) is 15.9. The van der Waals surface area contributed by atoms with Crippen LogP contribution in [0.5, 0.6) is 0 Å². The van der Waals surface area contributed by atoms with Gasteiger partial charge in [0, 0.05) is 32.6 Å². The Morgan fingerprint density at radius 1 is 1.13 bits per heavy atom. The van der Waals surface area contributed by atoms with E-state index in [1.54, 1.807) is 7.05 Å². The zero-order chi connectivity index (χ0) is 16.2. The molecule has 0 aromatic carbocycles. The maximum Gasteiger partial charge on any atom is 0.221 e. The first-order valence-electron chi connectivity index (χ1n) is 8.85. The van der Waals surface area contributed by atoms with E-state index in [4.69, 9.17) is 0 Å². The van der Waals surface area contributed by atoms with Crippen molar-refractivity contribution in [3.05, 3.63) is 0 Å². The van der Waals surface area contributed by atoms with Gasteiger partial charge in [0.05, 0.1) is 0 Å². The van der Waals surface area contributed by atoms with Gasteiger partial charge < -0.3 is 16.0 Å². The second-order valence-electron chi connectivity index (χ2n) is 6.61. The highest BCUT2D eigenvalue weighted by atomic mass is 127. The highest BCUT2D eigenvalue weighted by molar-refractivity contribution is 14.0. The molecule has 1 rings (SSSR count). The molecule has 136 valence electrons. The largest absolute Gasteiger partial charge is 0.356 e. The van der Waals surface area contributed by atoms with Crippen molar-refractivity contribution in [2.45, 2.75) is 71.3 Å². The first-order chi connectivity index (χ1) is 10.6. The van der Waals surface area contributed by atoms with Crippen LogP contribution < -0.4 is 16.0 Å². The van der Waals surface area contributed by atoms with Crippen LogP contribution in [0.4, 0.5) is 0 Å². The van der Waals surface area contributed by atoms with Gasteiger partial charge in [-0.05, 0) is 31.6 Å². The summed E-state index contributed by atoms with van der Waals surface area (Å²) in [6, 6.07) is 0.398. The Balaban J connectivity index is 0.00000484. The lowest BCUT2D eigenvalue weighted by atomic mass is 9.95. The molecule has 0 radical (unpaired) electrons. The van der Waals surface area contributed by atoms with Crippen molar-refractivity contribution in [1.82, 2.24) is 16.0 Å². The van der Waals surface area contributed by atoms with Gasteiger partial charge in [-0.1, -0.05) is 33.1 Å². The summed E-state index contributed by atoms with van der Waals surface area (Å²) in [5, 5.41) is 9.63. The van der Waals surface area contributed by atoms with Crippen molar-refractivity contribution in [3.8, 4) is 0 Å². The van der Waals surface area contributed by atoms with E-state index in [2.05, 4.69) is 34.8 Å². The number of hydrogen-bond donors (Lipinski definition) is 3. The monoisotopic (exact) mass is 438 g/mol. The van der Waals surface area contributed by atoms with Crippen LogP contribution in [0.1, 0.15) is 65.2 Å². The molecule has 5 nitrogen and oxygen atoms in total. The molecule has 0 atom stereocenters. The van der Waals surface area contributed by atoms with Crippen molar-refractivity contribution >= 4 is 35.8 Å². The van der Waals surface area contributed by atoms with Crippen LogP contribution >= 0.6 is 24.0 Å². The third-order valence-electron chi connectivity index (χ3n) is 4.09. The van der Waals surface area contributed by atoms with Crippen LogP contribution in [0.2, 0.25) is 0 Å². The summed E-state index contributed by atoms with van der Waals surface area (Å²) >= 11 is 0. The number of halogens is 1. The SMILES string of the molecule is CN=C(NCCCC(C)C)NCCC(=O)NC1CCCCC1.I. The third-order valence-corrected chi connectivity index (χ3v) is 4.09. The fraction of sp³-hybridized carbons (Fsp3) is 0.882. The average Bonchev–Trinajstić information content (AvgIpc) is 2.50. The van der Waals surface area contributed by atoms with Crippen molar-refractivity contribution in [3.63, 3.8) is 0 Å². The highest BCUT2D eigenvalue weighted by Gasteiger charge is 2.15. The molecule has 0 spiro atoms. The molecule has 23 heavy (non-hydrogen) atoms. The van der Waals surface area contributed by atoms with Gasteiger partial charge in [-0.15, -0.1) is 24.0 Å². The summed E-state index contributed by atoms with van der Waals surface area (Å²) in [5.41, 5.74) is 0. The van der Waals surface area contributed by atoms with Crippen LogP contribution in [0.3, 0.4) is 0 Å². The van der Waals surface area contributed by atoms with Crippen molar-refractivity contribution in [2.75, 3.05) is 20.1 Å². The summed E-state index contributed by atoms with van der Waals surface area (Å²) in [7, 11) is 1.76. The number of nitrogens with zero attached hydrogens (tertiary/aromatic N) is 1. The lowest BCUT2D eigenvalue weighted by Gasteiger charge is -2.22. The van der Waals surface area contributed by atoms with Crippen molar-refractivity contribution in [1.29, 1.82) is 0 Å². The molecule has 6 heteroatoms. The summed E-state index contributed by atoms with van der Waals surface area (Å²) in [5.74, 6) is 1.67. The fourth-order valence-electron chi connectivity index (χ4n) is 2.78. The smallest absolute Gasteiger partial charge is 0.221 e. The predicted molar refractivity (Wildman–Crippen MR) is 108 cm³/mol. The van der Waals surface area contributed by atoms with E-state index >= 15 is 0 Å². The van der Waals surface area contributed by atoms with Gasteiger partial charge in [0.2, 0.25) is 5.91 Å². The maximum absolute atomic E-state index is 11.9. The molecule has 1 fully saturated rings. The van der Waals surface area contributed by atoms with Crippen LogP contribution in [0, 0.1) is 5.92 Å². The molecule has 0 aliphatic heterocycles. The van der Waals surface area contributed by atoms with Crippen molar-refractivity contribution < 1.29 is 4.79 Å². The van der Waals surface area contributed by atoms with E-state index < -0.39 is 0 Å². The maximum atomic E-state index is 11.9. The van der Waals surface area contributed by atoms with Gasteiger partial charge in [0.1, 0.15) is 0 Å². The quantitative estimate of drug-likeness (QED) is 0.236. The summed E-state index contributed by atoms with van der Waals surface area (Å²) < 4.78 is 0. The van der Waals surface area contributed by atoms with Crippen LogP contribution in [0.25, 0.3) is 0 Å². The van der Waals surface area contributed by atoms with E-state index in [1.165, 1.54) is 25.7 Å². The minimum absolute atomic E-state index is 0. The van der Waals surface area contributed by atoms with E-state index in [-0.39, 0.29) is 29.9 Å². The molecular formula is C17H35IN4O. The molecule has 0 saturated heterocycles. The molecule has 1 saturated carbocycles. The Bertz CT molecular complexity index is 341.